The van der Waals surface area contributed by atoms with E-state index in [1.54, 1.807) is 11.0 Å². The highest BCUT2D eigenvalue weighted by Gasteiger charge is 2.33. The van der Waals surface area contributed by atoms with E-state index in [0.717, 1.165) is 5.56 Å². The Balaban J connectivity index is 2.19. The molecule has 2 heterocycles. The fraction of sp³-hybridized carbons (Fsp3) is 0.417. The van der Waals surface area contributed by atoms with E-state index < -0.39 is 0 Å². The van der Waals surface area contributed by atoms with Crippen molar-refractivity contribution in [2.45, 2.75) is 25.5 Å². The first kappa shape index (κ1) is 13.4. The van der Waals surface area contributed by atoms with Crippen LogP contribution in [-0.4, -0.2) is 27.8 Å². The van der Waals surface area contributed by atoms with E-state index in [1.807, 2.05) is 6.92 Å². The van der Waals surface area contributed by atoms with Gasteiger partial charge in [0.1, 0.15) is 5.82 Å². The first-order valence-electron chi connectivity index (χ1n) is 5.57. The smallest absolute Gasteiger partial charge is 0.229 e. The summed E-state index contributed by atoms with van der Waals surface area (Å²) in [6.07, 6.45) is 1.91. The number of hydrogen-bond donors (Lipinski definition) is 0. The lowest BCUT2D eigenvalue weighted by Crippen LogP contribution is -2.26. The van der Waals surface area contributed by atoms with Crippen molar-refractivity contribution in [2.75, 3.05) is 11.4 Å². The molecule has 1 aromatic heterocycles. The molecular weight excluding hydrogens is 272 g/mol. The Morgan fingerprint density at radius 2 is 2.33 bits per heavy atom. The van der Waals surface area contributed by atoms with E-state index in [2.05, 4.69) is 4.98 Å². The highest BCUT2D eigenvalue weighted by atomic mass is 35.5. The highest BCUT2D eigenvalue weighted by molar-refractivity contribution is 8.14. The number of aromatic nitrogens is 1. The van der Waals surface area contributed by atoms with Crippen molar-refractivity contribution in [1.82, 2.24) is 4.98 Å². The summed E-state index contributed by atoms with van der Waals surface area (Å²) in [4.78, 5) is 28.8. The summed E-state index contributed by atoms with van der Waals surface area (Å²) in [6, 6.07) is 1.78. The Labute approximate surface area is 115 Å². The summed E-state index contributed by atoms with van der Waals surface area (Å²) >= 11 is 7.06. The molecule has 1 aliphatic rings. The van der Waals surface area contributed by atoms with Crippen LogP contribution in [0.15, 0.2) is 12.3 Å². The number of carbonyl (C=O) groups is 2. The van der Waals surface area contributed by atoms with Gasteiger partial charge in [-0.25, -0.2) is 4.98 Å². The molecule has 96 valence electrons. The van der Waals surface area contributed by atoms with Gasteiger partial charge in [-0.1, -0.05) is 23.4 Å². The van der Waals surface area contributed by atoms with E-state index in [1.165, 1.54) is 24.9 Å². The van der Waals surface area contributed by atoms with Gasteiger partial charge in [0.2, 0.25) is 5.91 Å². The van der Waals surface area contributed by atoms with Crippen molar-refractivity contribution in [1.29, 1.82) is 0 Å². The van der Waals surface area contributed by atoms with Gasteiger partial charge in [0.15, 0.2) is 5.12 Å². The predicted octanol–water partition coefficient (Wildman–Crippen LogP) is 2.43. The molecule has 0 saturated carbocycles. The Morgan fingerprint density at radius 3 is 2.94 bits per heavy atom. The highest BCUT2D eigenvalue weighted by Crippen LogP contribution is 2.29. The number of pyridine rings is 1. The van der Waals surface area contributed by atoms with Crippen LogP contribution in [0.2, 0.25) is 5.02 Å². The van der Waals surface area contributed by atoms with Crippen LogP contribution in [0.1, 0.15) is 18.9 Å². The van der Waals surface area contributed by atoms with Crippen molar-refractivity contribution in [3.8, 4) is 0 Å². The molecule has 1 atom stereocenters. The lowest BCUT2D eigenvalue weighted by atomic mass is 10.3. The molecule has 6 heteroatoms. The third kappa shape index (κ3) is 2.84. The zero-order valence-corrected chi connectivity index (χ0v) is 11.7. The number of halogens is 1. The molecule has 4 nitrogen and oxygen atoms in total. The monoisotopic (exact) mass is 284 g/mol. The van der Waals surface area contributed by atoms with Crippen molar-refractivity contribution in [3.63, 3.8) is 0 Å². The molecule has 0 aliphatic carbocycles. The first-order chi connectivity index (χ1) is 8.47. The topological polar surface area (TPSA) is 50.3 Å². The minimum absolute atomic E-state index is 0.00618. The molecule has 1 aromatic rings. The lowest BCUT2D eigenvalue weighted by Gasteiger charge is -2.17. The van der Waals surface area contributed by atoms with Crippen molar-refractivity contribution < 1.29 is 9.59 Å². The quantitative estimate of drug-likeness (QED) is 0.837. The van der Waals surface area contributed by atoms with E-state index in [9.17, 15) is 9.59 Å². The van der Waals surface area contributed by atoms with Crippen LogP contribution < -0.4 is 4.90 Å². The van der Waals surface area contributed by atoms with Crippen LogP contribution in [0.25, 0.3) is 0 Å². The fourth-order valence-corrected chi connectivity index (χ4v) is 3.14. The van der Waals surface area contributed by atoms with Crippen LogP contribution in [-0.2, 0) is 9.59 Å². The van der Waals surface area contributed by atoms with Gasteiger partial charge >= 0.3 is 0 Å². The summed E-state index contributed by atoms with van der Waals surface area (Å²) in [7, 11) is 0. The zero-order valence-electron chi connectivity index (χ0n) is 10.1. The van der Waals surface area contributed by atoms with E-state index in [-0.39, 0.29) is 16.3 Å². The van der Waals surface area contributed by atoms with Crippen molar-refractivity contribution in [3.05, 3.63) is 22.8 Å². The number of anilines is 1. The molecule has 0 aromatic carbocycles. The summed E-state index contributed by atoms with van der Waals surface area (Å²) in [6.45, 7) is 3.91. The molecule has 0 spiro atoms. The number of aryl methyl sites for hydroxylation is 1. The third-order valence-corrected chi connectivity index (χ3v) is 3.88. The summed E-state index contributed by atoms with van der Waals surface area (Å²) < 4.78 is 0. The maximum atomic E-state index is 11.9. The second-order valence-corrected chi connectivity index (χ2v) is 6.15. The Kier molecular flexibility index (Phi) is 3.92. The molecule has 1 fully saturated rings. The van der Waals surface area contributed by atoms with Crippen LogP contribution in [0, 0.1) is 6.92 Å². The number of amides is 1. The molecule has 1 unspecified atom stereocenters. The number of carbonyl (C=O) groups excluding carboxylic acids is 2. The molecule has 1 amide bonds. The van der Waals surface area contributed by atoms with Crippen molar-refractivity contribution >= 4 is 40.2 Å². The Hall–Kier alpha value is -1.07. The Bertz CT molecular complexity index is 507. The largest absolute Gasteiger partial charge is 0.295 e. The second kappa shape index (κ2) is 5.28. The molecule has 0 N–H and O–H groups in total. The summed E-state index contributed by atoms with van der Waals surface area (Å²) in [5.74, 6) is 0.641. The van der Waals surface area contributed by atoms with Gasteiger partial charge in [0.25, 0.3) is 0 Å². The minimum Gasteiger partial charge on any atom is -0.295 e. The van der Waals surface area contributed by atoms with E-state index in [4.69, 9.17) is 11.6 Å². The number of thioether (sulfide) groups is 1. The van der Waals surface area contributed by atoms with Gasteiger partial charge < -0.3 is 0 Å². The fourth-order valence-electron chi connectivity index (χ4n) is 2.01. The van der Waals surface area contributed by atoms with Crippen LogP contribution >= 0.6 is 23.4 Å². The summed E-state index contributed by atoms with van der Waals surface area (Å²) in [5, 5.41) is 0.611. The molecular formula is C12H13ClN2O2S. The lowest BCUT2D eigenvalue weighted by molar-refractivity contribution is -0.117. The van der Waals surface area contributed by atoms with Gasteiger partial charge in [-0.15, -0.1) is 0 Å². The van der Waals surface area contributed by atoms with Gasteiger partial charge in [0, 0.05) is 31.3 Å². The molecule has 18 heavy (non-hydrogen) atoms. The third-order valence-electron chi connectivity index (χ3n) is 2.70. The average Bonchev–Trinajstić information content (AvgIpc) is 2.58. The van der Waals surface area contributed by atoms with Gasteiger partial charge in [0.05, 0.1) is 5.02 Å². The summed E-state index contributed by atoms with van der Waals surface area (Å²) in [5.41, 5.74) is 0.865. The number of hydrogen-bond acceptors (Lipinski definition) is 4. The van der Waals surface area contributed by atoms with Crippen LogP contribution in [0.3, 0.4) is 0 Å². The maximum absolute atomic E-state index is 11.9. The molecule has 2 rings (SSSR count). The van der Waals surface area contributed by atoms with Gasteiger partial charge in [-0.05, 0) is 18.6 Å². The van der Waals surface area contributed by atoms with Crippen LogP contribution in [0.4, 0.5) is 5.82 Å². The van der Waals surface area contributed by atoms with Crippen LogP contribution in [0.5, 0.6) is 0 Å². The molecule has 1 saturated heterocycles. The minimum atomic E-state index is 0.00618. The molecule has 0 bridgehead atoms. The zero-order chi connectivity index (χ0) is 13.3. The Morgan fingerprint density at radius 1 is 1.61 bits per heavy atom. The molecule has 0 radical (unpaired) electrons. The number of nitrogens with zero attached hydrogens (tertiary/aromatic N) is 2. The first-order valence-corrected chi connectivity index (χ1v) is 6.83. The normalized spacial score (nSPS) is 19.4. The SMILES string of the molecule is CC(=O)SC1CC(=O)N(c2ncc(Cl)cc2C)C1. The maximum Gasteiger partial charge on any atom is 0.229 e. The van der Waals surface area contributed by atoms with Gasteiger partial charge in [-0.2, -0.15) is 0 Å². The molecule has 1 aliphatic heterocycles. The average molecular weight is 285 g/mol. The van der Waals surface area contributed by atoms with E-state index in [0.29, 0.717) is 23.8 Å². The van der Waals surface area contributed by atoms with Crippen molar-refractivity contribution in [2.24, 2.45) is 0 Å². The van der Waals surface area contributed by atoms with Gasteiger partial charge in [-0.3, -0.25) is 14.5 Å². The predicted molar refractivity (Wildman–Crippen MR) is 73.0 cm³/mol. The van der Waals surface area contributed by atoms with E-state index >= 15 is 0 Å². The second-order valence-electron chi connectivity index (χ2n) is 4.23. The number of rotatable bonds is 2. The standard InChI is InChI=1S/C12H13ClN2O2S/c1-7-3-9(13)5-14-12(7)15-6-10(4-11(15)17)18-8(2)16/h3,5,10H,4,6H2,1-2H3.